The summed E-state index contributed by atoms with van der Waals surface area (Å²) in [7, 11) is 0. The summed E-state index contributed by atoms with van der Waals surface area (Å²) in [5.41, 5.74) is 0.163. The first-order valence-electron chi connectivity index (χ1n) is 7.96. The number of hydrogen-bond donors (Lipinski definition) is 0. The molecule has 1 aliphatic rings. The second-order valence-electron chi connectivity index (χ2n) is 5.93. The molecule has 0 bridgehead atoms. The van der Waals surface area contributed by atoms with Gasteiger partial charge in [-0.15, -0.1) is 0 Å². The standard InChI is InChI=1S/C16H31BrO/c1-3-5-6-7-8-13-18-16(14-17)11-9-15(4-2)10-12-16/h15H,3-14H2,1-2H3. The van der Waals surface area contributed by atoms with Crippen LogP contribution < -0.4 is 0 Å². The summed E-state index contributed by atoms with van der Waals surface area (Å²) in [5.74, 6) is 0.949. The summed E-state index contributed by atoms with van der Waals surface area (Å²) >= 11 is 3.68. The highest BCUT2D eigenvalue weighted by molar-refractivity contribution is 9.09. The molecule has 0 atom stereocenters. The Balaban J connectivity index is 2.17. The van der Waals surface area contributed by atoms with Gasteiger partial charge in [0.1, 0.15) is 0 Å². The monoisotopic (exact) mass is 318 g/mol. The van der Waals surface area contributed by atoms with Crippen LogP contribution in [0.4, 0.5) is 0 Å². The molecule has 0 N–H and O–H groups in total. The Morgan fingerprint density at radius 2 is 1.72 bits per heavy atom. The van der Waals surface area contributed by atoms with Crippen LogP contribution in [-0.2, 0) is 4.74 Å². The molecule has 0 spiro atoms. The van der Waals surface area contributed by atoms with Gasteiger partial charge in [0, 0.05) is 11.9 Å². The van der Waals surface area contributed by atoms with E-state index in [2.05, 4.69) is 29.8 Å². The van der Waals surface area contributed by atoms with Crippen molar-refractivity contribution in [3.05, 3.63) is 0 Å². The van der Waals surface area contributed by atoms with Gasteiger partial charge in [0.05, 0.1) is 5.60 Å². The molecule has 0 aromatic rings. The predicted octanol–water partition coefficient (Wildman–Crippen LogP) is 5.71. The molecule has 0 aromatic heterocycles. The van der Waals surface area contributed by atoms with E-state index in [1.807, 2.05) is 0 Å². The van der Waals surface area contributed by atoms with E-state index >= 15 is 0 Å². The van der Waals surface area contributed by atoms with Gasteiger partial charge < -0.3 is 4.74 Å². The van der Waals surface area contributed by atoms with Crippen molar-refractivity contribution in [1.82, 2.24) is 0 Å². The van der Waals surface area contributed by atoms with Gasteiger partial charge >= 0.3 is 0 Å². The second-order valence-corrected chi connectivity index (χ2v) is 6.49. The van der Waals surface area contributed by atoms with E-state index in [0.717, 1.165) is 17.9 Å². The molecule has 18 heavy (non-hydrogen) atoms. The second kappa shape index (κ2) is 9.36. The van der Waals surface area contributed by atoms with E-state index in [9.17, 15) is 0 Å². The van der Waals surface area contributed by atoms with Crippen molar-refractivity contribution in [1.29, 1.82) is 0 Å². The van der Waals surface area contributed by atoms with Gasteiger partial charge in [-0.2, -0.15) is 0 Å². The van der Waals surface area contributed by atoms with Gasteiger partial charge in [0.2, 0.25) is 0 Å². The number of halogens is 1. The molecule has 0 saturated heterocycles. The molecule has 0 heterocycles. The third-order valence-corrected chi connectivity index (χ3v) is 5.52. The molecule has 1 aliphatic carbocycles. The van der Waals surface area contributed by atoms with Crippen LogP contribution in [0.2, 0.25) is 0 Å². The lowest BCUT2D eigenvalue weighted by atomic mass is 9.78. The van der Waals surface area contributed by atoms with Crippen LogP contribution in [-0.4, -0.2) is 17.5 Å². The normalized spacial score (nSPS) is 28.5. The van der Waals surface area contributed by atoms with Crippen LogP contribution in [0.15, 0.2) is 0 Å². The zero-order valence-corrected chi connectivity index (χ0v) is 13.9. The van der Waals surface area contributed by atoms with Crippen molar-refractivity contribution in [3.8, 4) is 0 Å². The van der Waals surface area contributed by atoms with Crippen molar-refractivity contribution in [2.75, 3.05) is 11.9 Å². The summed E-state index contributed by atoms with van der Waals surface area (Å²) < 4.78 is 6.25. The van der Waals surface area contributed by atoms with Crippen molar-refractivity contribution in [2.24, 2.45) is 5.92 Å². The van der Waals surface area contributed by atoms with Gasteiger partial charge in [-0.25, -0.2) is 0 Å². The Kier molecular flexibility index (Phi) is 8.58. The van der Waals surface area contributed by atoms with Crippen molar-refractivity contribution in [3.63, 3.8) is 0 Å². The molecule has 108 valence electrons. The third kappa shape index (κ3) is 5.61. The van der Waals surface area contributed by atoms with Crippen LogP contribution in [0.1, 0.15) is 78.1 Å². The summed E-state index contributed by atoms with van der Waals surface area (Å²) in [5, 5.41) is 1.02. The molecule has 0 amide bonds. The van der Waals surface area contributed by atoms with E-state index in [1.165, 1.54) is 64.2 Å². The lowest BCUT2D eigenvalue weighted by molar-refractivity contribution is -0.0614. The minimum atomic E-state index is 0.163. The van der Waals surface area contributed by atoms with Crippen molar-refractivity contribution in [2.45, 2.75) is 83.7 Å². The van der Waals surface area contributed by atoms with Crippen molar-refractivity contribution >= 4 is 15.9 Å². The van der Waals surface area contributed by atoms with Gasteiger partial charge in [-0.3, -0.25) is 0 Å². The van der Waals surface area contributed by atoms with E-state index in [4.69, 9.17) is 4.74 Å². The molecule has 0 aromatic carbocycles. The minimum absolute atomic E-state index is 0.163. The zero-order chi connectivity index (χ0) is 13.3. The maximum atomic E-state index is 6.25. The Labute approximate surface area is 122 Å². The molecular weight excluding hydrogens is 288 g/mol. The van der Waals surface area contributed by atoms with E-state index in [-0.39, 0.29) is 5.60 Å². The number of rotatable bonds is 9. The van der Waals surface area contributed by atoms with Gasteiger partial charge in [0.25, 0.3) is 0 Å². The quantitative estimate of drug-likeness (QED) is 0.391. The topological polar surface area (TPSA) is 9.23 Å². The number of unbranched alkanes of at least 4 members (excludes halogenated alkanes) is 4. The summed E-state index contributed by atoms with van der Waals surface area (Å²) in [6.45, 7) is 5.55. The SMILES string of the molecule is CCCCCCCOC1(CBr)CCC(CC)CC1. The Hall–Kier alpha value is 0.440. The largest absolute Gasteiger partial charge is 0.374 e. The highest BCUT2D eigenvalue weighted by Crippen LogP contribution is 2.37. The Bertz CT molecular complexity index is 197. The first-order valence-corrected chi connectivity index (χ1v) is 9.08. The predicted molar refractivity (Wildman–Crippen MR) is 83.5 cm³/mol. The van der Waals surface area contributed by atoms with Crippen LogP contribution in [0.3, 0.4) is 0 Å². The van der Waals surface area contributed by atoms with Crippen LogP contribution in [0.5, 0.6) is 0 Å². The van der Waals surface area contributed by atoms with Gasteiger partial charge in [-0.05, 0) is 38.0 Å². The lowest BCUT2D eigenvalue weighted by Crippen LogP contribution is -2.39. The maximum absolute atomic E-state index is 6.25. The third-order valence-electron chi connectivity index (χ3n) is 4.49. The average molecular weight is 319 g/mol. The molecule has 2 heteroatoms. The fourth-order valence-electron chi connectivity index (χ4n) is 2.92. The fourth-order valence-corrected chi connectivity index (χ4v) is 3.65. The van der Waals surface area contributed by atoms with E-state index in [1.54, 1.807) is 0 Å². The Morgan fingerprint density at radius 1 is 1.06 bits per heavy atom. The van der Waals surface area contributed by atoms with E-state index in [0.29, 0.717) is 0 Å². The first kappa shape index (κ1) is 16.5. The number of hydrogen-bond acceptors (Lipinski definition) is 1. The molecule has 1 nitrogen and oxygen atoms in total. The van der Waals surface area contributed by atoms with Crippen molar-refractivity contribution < 1.29 is 4.74 Å². The Morgan fingerprint density at radius 3 is 2.28 bits per heavy atom. The lowest BCUT2D eigenvalue weighted by Gasteiger charge is -2.39. The zero-order valence-electron chi connectivity index (χ0n) is 12.3. The fraction of sp³-hybridized carbons (Fsp3) is 1.00. The molecule has 1 rings (SSSR count). The van der Waals surface area contributed by atoms with E-state index < -0.39 is 0 Å². The van der Waals surface area contributed by atoms with Crippen LogP contribution in [0, 0.1) is 5.92 Å². The summed E-state index contributed by atoms with van der Waals surface area (Å²) in [6, 6.07) is 0. The maximum Gasteiger partial charge on any atom is 0.0779 e. The smallest absolute Gasteiger partial charge is 0.0779 e. The highest BCUT2D eigenvalue weighted by atomic mass is 79.9. The first-order chi connectivity index (χ1) is 8.76. The number of ether oxygens (including phenoxy) is 1. The molecule has 0 radical (unpaired) electrons. The molecule has 1 fully saturated rings. The minimum Gasteiger partial charge on any atom is -0.374 e. The highest BCUT2D eigenvalue weighted by Gasteiger charge is 2.34. The van der Waals surface area contributed by atoms with Crippen LogP contribution >= 0.6 is 15.9 Å². The van der Waals surface area contributed by atoms with Gasteiger partial charge in [-0.1, -0.05) is 61.9 Å². The van der Waals surface area contributed by atoms with Crippen LogP contribution in [0.25, 0.3) is 0 Å². The molecule has 1 saturated carbocycles. The molecular formula is C16H31BrO. The number of alkyl halides is 1. The molecule has 0 unspecified atom stereocenters. The summed E-state index contributed by atoms with van der Waals surface area (Å²) in [6.07, 6.45) is 13.2. The van der Waals surface area contributed by atoms with Gasteiger partial charge in [0.15, 0.2) is 0 Å². The average Bonchev–Trinajstić information content (AvgIpc) is 2.43. The molecule has 0 aliphatic heterocycles. The summed E-state index contributed by atoms with van der Waals surface area (Å²) in [4.78, 5) is 0.